The van der Waals surface area contributed by atoms with E-state index in [0.29, 0.717) is 0 Å². The molecule has 2 rings (SSSR count). The number of rotatable bonds is 7. The summed E-state index contributed by atoms with van der Waals surface area (Å²) in [5, 5.41) is 3.50. The Balaban J connectivity index is 2.08. The third-order valence-corrected chi connectivity index (χ3v) is 3.73. The zero-order chi connectivity index (χ0) is 15.1. The van der Waals surface area contributed by atoms with E-state index in [2.05, 4.69) is 48.4 Å². The van der Waals surface area contributed by atoms with Gasteiger partial charge in [-0.2, -0.15) is 0 Å². The summed E-state index contributed by atoms with van der Waals surface area (Å²) in [5.74, 6) is -0.272. The van der Waals surface area contributed by atoms with Crippen LogP contribution >= 0.6 is 0 Å². The summed E-state index contributed by atoms with van der Waals surface area (Å²) in [5.41, 5.74) is 3.59. The van der Waals surface area contributed by atoms with Crippen LogP contribution in [0.2, 0.25) is 0 Å². The first-order valence-electron chi connectivity index (χ1n) is 7.59. The highest BCUT2D eigenvalue weighted by Crippen LogP contribution is 2.20. The average Bonchev–Trinajstić information content (AvgIpc) is 2.49. The molecule has 21 heavy (non-hydrogen) atoms. The zero-order valence-corrected chi connectivity index (χ0v) is 12.8. The van der Waals surface area contributed by atoms with Crippen LogP contribution in [-0.2, 0) is 6.42 Å². The Morgan fingerprint density at radius 2 is 2.05 bits per heavy atom. The lowest BCUT2D eigenvalue weighted by molar-refractivity contribution is 0.493. The van der Waals surface area contributed by atoms with E-state index in [4.69, 9.17) is 0 Å². The topological polar surface area (TPSA) is 24.9 Å². The van der Waals surface area contributed by atoms with E-state index in [0.717, 1.165) is 31.4 Å². The van der Waals surface area contributed by atoms with Gasteiger partial charge in [-0.25, -0.2) is 4.39 Å². The lowest BCUT2D eigenvalue weighted by atomic mass is 9.97. The molecule has 1 unspecified atom stereocenters. The standard InChI is InChI=1S/C18H23FN2/c1-3-10-21-18(16-11-17(19)13-20-12-16)9-8-15-7-5-4-6-14(15)2/h4-7,11-13,18,21H,3,8-10H2,1-2H3. The summed E-state index contributed by atoms with van der Waals surface area (Å²) >= 11 is 0. The quantitative estimate of drug-likeness (QED) is 0.825. The zero-order valence-electron chi connectivity index (χ0n) is 12.8. The third kappa shape index (κ3) is 4.64. The molecule has 1 N–H and O–H groups in total. The van der Waals surface area contributed by atoms with Crippen molar-refractivity contribution in [3.63, 3.8) is 0 Å². The van der Waals surface area contributed by atoms with Gasteiger partial charge in [-0.15, -0.1) is 0 Å². The SMILES string of the molecule is CCCNC(CCc1ccccc1C)c1cncc(F)c1. The van der Waals surface area contributed by atoms with Crippen molar-refractivity contribution in [3.05, 3.63) is 65.2 Å². The summed E-state index contributed by atoms with van der Waals surface area (Å²) in [6.45, 7) is 5.19. The number of hydrogen-bond acceptors (Lipinski definition) is 2. The van der Waals surface area contributed by atoms with Gasteiger partial charge in [0.25, 0.3) is 0 Å². The molecule has 1 aromatic heterocycles. The van der Waals surface area contributed by atoms with Gasteiger partial charge in [-0.05, 0) is 55.5 Å². The second-order valence-electron chi connectivity index (χ2n) is 5.41. The van der Waals surface area contributed by atoms with Gasteiger partial charge < -0.3 is 5.32 Å². The van der Waals surface area contributed by atoms with Gasteiger partial charge in [-0.1, -0.05) is 31.2 Å². The number of nitrogens with one attached hydrogen (secondary N) is 1. The van der Waals surface area contributed by atoms with Crippen LogP contribution in [0.25, 0.3) is 0 Å². The van der Waals surface area contributed by atoms with E-state index in [1.807, 2.05) is 0 Å². The van der Waals surface area contributed by atoms with E-state index >= 15 is 0 Å². The normalized spacial score (nSPS) is 12.3. The van der Waals surface area contributed by atoms with Crippen LogP contribution < -0.4 is 5.32 Å². The van der Waals surface area contributed by atoms with Gasteiger partial charge in [0, 0.05) is 12.2 Å². The molecule has 0 bridgehead atoms. The van der Waals surface area contributed by atoms with Crippen LogP contribution in [0.1, 0.15) is 42.5 Å². The Morgan fingerprint density at radius 1 is 1.24 bits per heavy atom. The van der Waals surface area contributed by atoms with Crippen molar-refractivity contribution in [2.45, 2.75) is 39.2 Å². The maximum atomic E-state index is 13.4. The minimum absolute atomic E-state index is 0.146. The molecular formula is C18H23FN2. The predicted octanol–water partition coefficient (Wildman–Crippen LogP) is 4.20. The van der Waals surface area contributed by atoms with Crippen molar-refractivity contribution in [1.82, 2.24) is 10.3 Å². The first kappa shape index (κ1) is 15.6. The van der Waals surface area contributed by atoms with Gasteiger partial charge in [0.15, 0.2) is 0 Å². The van der Waals surface area contributed by atoms with E-state index in [9.17, 15) is 4.39 Å². The van der Waals surface area contributed by atoms with Crippen molar-refractivity contribution >= 4 is 0 Å². The molecule has 2 aromatic rings. The van der Waals surface area contributed by atoms with E-state index < -0.39 is 0 Å². The fraction of sp³-hybridized carbons (Fsp3) is 0.389. The van der Waals surface area contributed by atoms with Crippen molar-refractivity contribution in [2.75, 3.05) is 6.54 Å². The first-order valence-corrected chi connectivity index (χ1v) is 7.59. The van der Waals surface area contributed by atoms with Gasteiger partial charge in [-0.3, -0.25) is 4.98 Å². The molecule has 0 radical (unpaired) electrons. The highest BCUT2D eigenvalue weighted by molar-refractivity contribution is 5.26. The maximum absolute atomic E-state index is 13.4. The Bertz CT molecular complexity index is 569. The van der Waals surface area contributed by atoms with E-state index in [-0.39, 0.29) is 11.9 Å². The minimum Gasteiger partial charge on any atom is -0.310 e. The molecular weight excluding hydrogens is 263 g/mol. The van der Waals surface area contributed by atoms with Gasteiger partial charge in [0.1, 0.15) is 5.82 Å². The highest BCUT2D eigenvalue weighted by Gasteiger charge is 2.12. The summed E-state index contributed by atoms with van der Waals surface area (Å²) in [6.07, 6.45) is 5.99. The largest absolute Gasteiger partial charge is 0.310 e. The monoisotopic (exact) mass is 286 g/mol. The molecule has 0 spiro atoms. The highest BCUT2D eigenvalue weighted by atomic mass is 19.1. The minimum atomic E-state index is -0.272. The smallest absolute Gasteiger partial charge is 0.141 e. The summed E-state index contributed by atoms with van der Waals surface area (Å²) in [7, 11) is 0. The molecule has 0 aliphatic rings. The van der Waals surface area contributed by atoms with Gasteiger partial charge in [0.05, 0.1) is 6.20 Å². The summed E-state index contributed by atoms with van der Waals surface area (Å²) in [6, 6.07) is 10.2. The van der Waals surface area contributed by atoms with Gasteiger partial charge in [0.2, 0.25) is 0 Å². The van der Waals surface area contributed by atoms with E-state index in [1.165, 1.54) is 17.3 Å². The number of nitrogens with zero attached hydrogens (tertiary/aromatic N) is 1. The Hall–Kier alpha value is -1.74. The number of hydrogen-bond donors (Lipinski definition) is 1. The molecule has 3 heteroatoms. The fourth-order valence-electron chi connectivity index (χ4n) is 2.51. The van der Waals surface area contributed by atoms with Crippen LogP contribution in [0.4, 0.5) is 4.39 Å². The van der Waals surface area contributed by atoms with Crippen molar-refractivity contribution in [1.29, 1.82) is 0 Å². The number of aryl methyl sites for hydroxylation is 2. The molecule has 0 saturated carbocycles. The molecule has 0 aliphatic heterocycles. The molecule has 1 atom stereocenters. The number of benzene rings is 1. The average molecular weight is 286 g/mol. The molecule has 2 nitrogen and oxygen atoms in total. The van der Waals surface area contributed by atoms with E-state index in [1.54, 1.807) is 12.3 Å². The maximum Gasteiger partial charge on any atom is 0.141 e. The molecule has 0 aliphatic carbocycles. The van der Waals surface area contributed by atoms with Crippen LogP contribution in [0.15, 0.2) is 42.7 Å². The Morgan fingerprint density at radius 3 is 2.76 bits per heavy atom. The molecule has 0 fully saturated rings. The molecule has 0 amide bonds. The number of halogens is 1. The Labute approximate surface area is 126 Å². The van der Waals surface area contributed by atoms with Crippen LogP contribution in [0.5, 0.6) is 0 Å². The predicted molar refractivity (Wildman–Crippen MR) is 84.7 cm³/mol. The fourth-order valence-corrected chi connectivity index (χ4v) is 2.51. The first-order chi connectivity index (χ1) is 10.2. The second-order valence-corrected chi connectivity index (χ2v) is 5.41. The van der Waals surface area contributed by atoms with Crippen molar-refractivity contribution in [2.24, 2.45) is 0 Å². The van der Waals surface area contributed by atoms with Crippen molar-refractivity contribution in [3.8, 4) is 0 Å². The number of aromatic nitrogens is 1. The second kappa shape index (κ2) is 7.89. The summed E-state index contributed by atoms with van der Waals surface area (Å²) < 4.78 is 13.4. The lowest BCUT2D eigenvalue weighted by Crippen LogP contribution is -2.23. The molecule has 0 saturated heterocycles. The molecule has 112 valence electrons. The molecule has 1 heterocycles. The lowest BCUT2D eigenvalue weighted by Gasteiger charge is -2.19. The van der Waals surface area contributed by atoms with Gasteiger partial charge >= 0.3 is 0 Å². The van der Waals surface area contributed by atoms with Crippen LogP contribution in [0, 0.1) is 12.7 Å². The van der Waals surface area contributed by atoms with Crippen LogP contribution in [-0.4, -0.2) is 11.5 Å². The molecule has 1 aromatic carbocycles. The Kier molecular flexibility index (Phi) is 5.88. The van der Waals surface area contributed by atoms with Crippen LogP contribution in [0.3, 0.4) is 0 Å². The van der Waals surface area contributed by atoms with Crippen molar-refractivity contribution < 1.29 is 4.39 Å². The third-order valence-electron chi connectivity index (χ3n) is 3.73. The number of pyridine rings is 1. The summed E-state index contributed by atoms with van der Waals surface area (Å²) in [4.78, 5) is 3.97.